The molecule has 0 aliphatic heterocycles. The van der Waals surface area contributed by atoms with E-state index in [1.165, 1.54) is 32.1 Å². The predicted octanol–water partition coefficient (Wildman–Crippen LogP) is 3.41. The van der Waals surface area contributed by atoms with Gasteiger partial charge in [0.1, 0.15) is 0 Å². The summed E-state index contributed by atoms with van der Waals surface area (Å²) in [6, 6.07) is 8.06. The van der Waals surface area contributed by atoms with Crippen LogP contribution in [-0.4, -0.2) is 22.1 Å². The van der Waals surface area contributed by atoms with Crippen LogP contribution in [-0.2, 0) is 0 Å². The van der Waals surface area contributed by atoms with Crippen LogP contribution in [0.25, 0.3) is 10.9 Å². The van der Waals surface area contributed by atoms with Crippen molar-refractivity contribution >= 4 is 16.8 Å². The van der Waals surface area contributed by atoms with Gasteiger partial charge in [-0.3, -0.25) is 9.89 Å². The van der Waals surface area contributed by atoms with Crippen molar-refractivity contribution in [1.29, 1.82) is 0 Å². The first-order valence-electron chi connectivity index (χ1n) is 7.58. The average Bonchev–Trinajstić information content (AvgIpc) is 2.85. The minimum absolute atomic E-state index is 0.0481. The number of benzene rings is 1. The summed E-state index contributed by atoms with van der Waals surface area (Å²) in [5, 5.41) is 11.1. The van der Waals surface area contributed by atoms with Gasteiger partial charge in [-0.25, -0.2) is 0 Å². The third kappa shape index (κ3) is 2.84. The fourth-order valence-corrected chi connectivity index (χ4v) is 2.99. The minimum Gasteiger partial charge on any atom is -0.348 e. The maximum atomic E-state index is 12.4. The number of nitrogens with one attached hydrogen (secondary N) is 2. The fraction of sp³-hybridized carbons (Fsp3) is 0.500. The summed E-state index contributed by atoms with van der Waals surface area (Å²) in [5.74, 6) is -0.0481. The third-order valence-electron chi connectivity index (χ3n) is 4.13. The summed E-state index contributed by atoms with van der Waals surface area (Å²) >= 11 is 0. The van der Waals surface area contributed by atoms with E-state index in [1.54, 1.807) is 0 Å². The van der Waals surface area contributed by atoms with Crippen molar-refractivity contribution in [2.45, 2.75) is 51.0 Å². The van der Waals surface area contributed by atoms with Gasteiger partial charge in [-0.05, 0) is 18.9 Å². The topological polar surface area (TPSA) is 57.8 Å². The molecular formula is C16H21N3O. The summed E-state index contributed by atoms with van der Waals surface area (Å²) in [7, 11) is 0. The number of aromatic amines is 1. The molecule has 1 aromatic carbocycles. The summed E-state index contributed by atoms with van der Waals surface area (Å²) in [5.41, 5.74) is 1.43. The van der Waals surface area contributed by atoms with Crippen LogP contribution in [0.3, 0.4) is 0 Å². The SMILES string of the molecule is O=C(NC1CCCCCCC1)c1n[nH]c2ccccc12. The molecule has 1 aliphatic rings. The molecule has 0 radical (unpaired) electrons. The summed E-state index contributed by atoms with van der Waals surface area (Å²) in [6.07, 6.45) is 8.53. The highest BCUT2D eigenvalue weighted by molar-refractivity contribution is 6.04. The Kier molecular flexibility index (Phi) is 4.00. The Morgan fingerprint density at radius 3 is 2.60 bits per heavy atom. The molecule has 0 atom stereocenters. The van der Waals surface area contributed by atoms with E-state index in [4.69, 9.17) is 0 Å². The largest absolute Gasteiger partial charge is 0.348 e. The number of carbonyl (C=O) groups is 1. The van der Waals surface area contributed by atoms with Gasteiger partial charge in [-0.15, -0.1) is 0 Å². The molecule has 1 aliphatic carbocycles. The van der Waals surface area contributed by atoms with Crippen LogP contribution in [0.4, 0.5) is 0 Å². The Balaban J connectivity index is 1.72. The number of para-hydroxylation sites is 1. The zero-order valence-corrected chi connectivity index (χ0v) is 11.7. The van der Waals surface area contributed by atoms with E-state index in [1.807, 2.05) is 24.3 Å². The third-order valence-corrected chi connectivity index (χ3v) is 4.13. The quantitative estimate of drug-likeness (QED) is 0.879. The van der Waals surface area contributed by atoms with Gasteiger partial charge < -0.3 is 5.32 Å². The number of hydrogen-bond acceptors (Lipinski definition) is 2. The van der Waals surface area contributed by atoms with Crippen LogP contribution < -0.4 is 5.32 Å². The van der Waals surface area contributed by atoms with E-state index in [-0.39, 0.29) is 5.91 Å². The van der Waals surface area contributed by atoms with Crippen molar-refractivity contribution in [3.8, 4) is 0 Å². The molecule has 1 aromatic heterocycles. The van der Waals surface area contributed by atoms with Gasteiger partial charge in [-0.2, -0.15) is 5.10 Å². The van der Waals surface area contributed by atoms with Crippen molar-refractivity contribution in [2.75, 3.05) is 0 Å². The molecule has 1 heterocycles. The highest BCUT2D eigenvalue weighted by Crippen LogP contribution is 2.19. The van der Waals surface area contributed by atoms with Crippen LogP contribution in [0.2, 0.25) is 0 Å². The number of aromatic nitrogens is 2. The van der Waals surface area contributed by atoms with Gasteiger partial charge in [-0.1, -0.05) is 50.3 Å². The molecule has 4 heteroatoms. The van der Waals surface area contributed by atoms with Gasteiger partial charge in [0.25, 0.3) is 5.91 Å². The minimum atomic E-state index is -0.0481. The molecule has 20 heavy (non-hydrogen) atoms. The maximum Gasteiger partial charge on any atom is 0.272 e. The predicted molar refractivity (Wildman–Crippen MR) is 79.7 cm³/mol. The molecular weight excluding hydrogens is 250 g/mol. The second-order valence-electron chi connectivity index (χ2n) is 5.63. The number of amides is 1. The van der Waals surface area contributed by atoms with E-state index in [0.717, 1.165) is 23.7 Å². The summed E-state index contributed by atoms with van der Waals surface area (Å²) in [6.45, 7) is 0. The monoisotopic (exact) mass is 271 g/mol. The van der Waals surface area contributed by atoms with Crippen LogP contribution >= 0.6 is 0 Å². The molecule has 2 aromatic rings. The van der Waals surface area contributed by atoms with Crippen LogP contribution in [0.1, 0.15) is 55.4 Å². The Morgan fingerprint density at radius 2 is 1.80 bits per heavy atom. The average molecular weight is 271 g/mol. The van der Waals surface area contributed by atoms with E-state index in [9.17, 15) is 4.79 Å². The molecule has 4 nitrogen and oxygen atoms in total. The molecule has 1 saturated carbocycles. The molecule has 0 saturated heterocycles. The number of hydrogen-bond donors (Lipinski definition) is 2. The zero-order valence-electron chi connectivity index (χ0n) is 11.7. The Bertz CT molecular complexity index is 582. The first kappa shape index (κ1) is 13.2. The molecule has 0 bridgehead atoms. The lowest BCUT2D eigenvalue weighted by molar-refractivity contribution is 0.0927. The standard InChI is InChI=1S/C16H21N3O/c20-16(17-12-8-4-2-1-3-5-9-12)15-13-10-6-7-11-14(13)18-19-15/h6-7,10-12H,1-5,8-9H2,(H,17,20)(H,18,19). The fourth-order valence-electron chi connectivity index (χ4n) is 2.99. The van der Waals surface area contributed by atoms with Crippen LogP contribution in [0.15, 0.2) is 24.3 Å². The van der Waals surface area contributed by atoms with Crippen LogP contribution in [0.5, 0.6) is 0 Å². The number of H-pyrrole nitrogens is 1. The summed E-state index contributed by atoms with van der Waals surface area (Å²) < 4.78 is 0. The molecule has 3 rings (SSSR count). The molecule has 106 valence electrons. The first-order chi connectivity index (χ1) is 9.84. The first-order valence-corrected chi connectivity index (χ1v) is 7.58. The van der Waals surface area contributed by atoms with E-state index < -0.39 is 0 Å². The van der Waals surface area contributed by atoms with Gasteiger partial charge in [0, 0.05) is 11.4 Å². The lowest BCUT2D eigenvalue weighted by atomic mass is 9.96. The molecule has 0 unspecified atom stereocenters. The second kappa shape index (κ2) is 6.07. The van der Waals surface area contributed by atoms with Gasteiger partial charge in [0.2, 0.25) is 0 Å². The van der Waals surface area contributed by atoms with Crippen molar-refractivity contribution in [3.05, 3.63) is 30.0 Å². The Hall–Kier alpha value is -1.84. The van der Waals surface area contributed by atoms with E-state index >= 15 is 0 Å². The van der Waals surface area contributed by atoms with Crippen molar-refractivity contribution in [2.24, 2.45) is 0 Å². The molecule has 1 amide bonds. The molecule has 1 fully saturated rings. The second-order valence-corrected chi connectivity index (χ2v) is 5.63. The maximum absolute atomic E-state index is 12.4. The lowest BCUT2D eigenvalue weighted by Gasteiger charge is -2.20. The van der Waals surface area contributed by atoms with E-state index in [2.05, 4.69) is 15.5 Å². The van der Waals surface area contributed by atoms with Crippen molar-refractivity contribution in [3.63, 3.8) is 0 Å². The zero-order chi connectivity index (χ0) is 13.8. The van der Waals surface area contributed by atoms with E-state index in [0.29, 0.717) is 11.7 Å². The molecule has 0 spiro atoms. The Morgan fingerprint density at radius 1 is 1.10 bits per heavy atom. The highest BCUT2D eigenvalue weighted by atomic mass is 16.2. The highest BCUT2D eigenvalue weighted by Gasteiger charge is 2.18. The lowest BCUT2D eigenvalue weighted by Crippen LogP contribution is -2.35. The number of nitrogens with zero attached hydrogens (tertiary/aromatic N) is 1. The van der Waals surface area contributed by atoms with Crippen molar-refractivity contribution in [1.82, 2.24) is 15.5 Å². The summed E-state index contributed by atoms with van der Waals surface area (Å²) in [4.78, 5) is 12.4. The number of carbonyl (C=O) groups excluding carboxylic acids is 1. The van der Waals surface area contributed by atoms with Crippen LogP contribution in [0, 0.1) is 0 Å². The number of rotatable bonds is 2. The smallest absolute Gasteiger partial charge is 0.272 e. The Labute approximate surface area is 119 Å². The molecule has 2 N–H and O–H groups in total. The van der Waals surface area contributed by atoms with Gasteiger partial charge in [0.05, 0.1) is 5.52 Å². The number of fused-ring (bicyclic) bond motifs is 1. The normalized spacial score (nSPS) is 17.6. The van der Waals surface area contributed by atoms with Gasteiger partial charge in [0.15, 0.2) is 5.69 Å². The van der Waals surface area contributed by atoms with Crippen molar-refractivity contribution < 1.29 is 4.79 Å². The van der Waals surface area contributed by atoms with Gasteiger partial charge >= 0.3 is 0 Å².